The third-order valence-corrected chi connectivity index (χ3v) is 4.53. The first-order valence-corrected chi connectivity index (χ1v) is 9.57. The van der Waals surface area contributed by atoms with Crippen LogP contribution in [0.5, 0.6) is 0 Å². The number of nitrogens with one attached hydrogen (secondary N) is 2. The Morgan fingerprint density at radius 1 is 0.724 bits per heavy atom. The van der Waals surface area contributed by atoms with Crippen LogP contribution in [0.3, 0.4) is 0 Å². The van der Waals surface area contributed by atoms with Gasteiger partial charge in [-0.15, -0.1) is 0 Å². The first-order valence-electron chi connectivity index (χ1n) is 8.81. The second kappa shape index (κ2) is 8.06. The van der Waals surface area contributed by atoms with Gasteiger partial charge in [0, 0.05) is 27.1 Å². The molecule has 0 bridgehead atoms. The van der Waals surface area contributed by atoms with Gasteiger partial charge in [0.25, 0.3) is 5.95 Å². The molecule has 0 atom stereocenters. The van der Waals surface area contributed by atoms with E-state index in [0.717, 1.165) is 22.8 Å². The molecule has 0 saturated carbocycles. The van der Waals surface area contributed by atoms with E-state index in [4.69, 9.17) is 23.2 Å². The van der Waals surface area contributed by atoms with Gasteiger partial charge in [0.1, 0.15) is 0 Å². The number of hydrogen-bond acceptors (Lipinski definition) is 6. The summed E-state index contributed by atoms with van der Waals surface area (Å²) in [5.41, 5.74) is 3.40. The van der Waals surface area contributed by atoms with E-state index in [1.165, 1.54) is 0 Å². The van der Waals surface area contributed by atoms with Gasteiger partial charge in [-0.2, -0.15) is 20.1 Å². The normalized spacial score (nSPS) is 10.8. The zero-order valence-electron chi connectivity index (χ0n) is 15.7. The molecule has 2 aromatic heterocycles. The number of nitrogens with zero attached hydrogens (tertiary/aromatic N) is 5. The molecule has 0 aliphatic carbocycles. The van der Waals surface area contributed by atoms with Crippen LogP contribution in [0.1, 0.15) is 11.4 Å². The number of aryl methyl sites for hydroxylation is 2. The highest BCUT2D eigenvalue weighted by Crippen LogP contribution is 2.21. The number of hydrogen-bond donors (Lipinski definition) is 2. The fourth-order valence-corrected chi connectivity index (χ4v) is 2.98. The lowest BCUT2D eigenvalue weighted by Crippen LogP contribution is -2.11. The molecule has 4 rings (SSSR count). The molecule has 2 N–H and O–H groups in total. The quantitative estimate of drug-likeness (QED) is 0.441. The fourth-order valence-electron chi connectivity index (χ4n) is 2.73. The highest BCUT2D eigenvalue weighted by atomic mass is 35.5. The average Bonchev–Trinajstić information content (AvgIpc) is 3.03. The number of anilines is 4. The zero-order chi connectivity index (χ0) is 20.4. The van der Waals surface area contributed by atoms with Crippen molar-refractivity contribution in [2.24, 2.45) is 0 Å². The Morgan fingerprint density at radius 2 is 1.21 bits per heavy atom. The van der Waals surface area contributed by atoms with E-state index in [2.05, 4.69) is 30.7 Å². The maximum absolute atomic E-state index is 5.97. The smallest absolute Gasteiger partial charge is 0.257 e. The number of aromatic nitrogens is 5. The second-order valence-electron chi connectivity index (χ2n) is 6.39. The maximum atomic E-state index is 5.97. The van der Waals surface area contributed by atoms with Crippen LogP contribution in [0, 0.1) is 13.8 Å². The summed E-state index contributed by atoms with van der Waals surface area (Å²) in [5, 5.41) is 12.1. The third-order valence-electron chi connectivity index (χ3n) is 4.02. The summed E-state index contributed by atoms with van der Waals surface area (Å²) in [7, 11) is 0. The Balaban J connectivity index is 1.73. The van der Waals surface area contributed by atoms with Gasteiger partial charge in [0.15, 0.2) is 0 Å². The largest absolute Gasteiger partial charge is 0.324 e. The van der Waals surface area contributed by atoms with Gasteiger partial charge in [-0.05, 0) is 68.4 Å². The van der Waals surface area contributed by atoms with Crippen LogP contribution in [-0.2, 0) is 0 Å². The molecule has 29 heavy (non-hydrogen) atoms. The summed E-state index contributed by atoms with van der Waals surface area (Å²) in [4.78, 5) is 13.5. The van der Waals surface area contributed by atoms with E-state index in [0.29, 0.717) is 27.9 Å². The van der Waals surface area contributed by atoms with Crippen LogP contribution in [-0.4, -0.2) is 24.7 Å². The van der Waals surface area contributed by atoms with E-state index in [1.54, 1.807) is 28.9 Å². The first-order chi connectivity index (χ1) is 14.0. The van der Waals surface area contributed by atoms with Gasteiger partial charge in [-0.3, -0.25) is 0 Å². The molecular formula is C20H17Cl2N7. The highest BCUT2D eigenvalue weighted by Gasteiger charge is 2.12. The Hall–Kier alpha value is -3.16. The molecule has 146 valence electrons. The molecule has 0 aliphatic heterocycles. The van der Waals surface area contributed by atoms with Crippen LogP contribution < -0.4 is 10.6 Å². The summed E-state index contributed by atoms with van der Waals surface area (Å²) in [5.74, 6) is 1.15. The van der Waals surface area contributed by atoms with Crippen molar-refractivity contribution in [1.82, 2.24) is 24.7 Å². The fraction of sp³-hybridized carbons (Fsp3) is 0.100. The molecule has 0 unspecified atom stereocenters. The number of halogens is 2. The summed E-state index contributed by atoms with van der Waals surface area (Å²) in [6.45, 7) is 3.87. The predicted octanol–water partition coefficient (Wildman–Crippen LogP) is 5.47. The SMILES string of the molecule is Cc1cc(C)n(-c2nc(Nc3ccc(Cl)cc3)nc(Nc3ccc(Cl)cc3)n2)n1. The van der Waals surface area contributed by atoms with Crippen molar-refractivity contribution in [2.75, 3.05) is 10.6 Å². The molecular weight excluding hydrogens is 409 g/mol. The van der Waals surface area contributed by atoms with Gasteiger partial charge in [-0.1, -0.05) is 23.2 Å². The average molecular weight is 426 g/mol. The maximum Gasteiger partial charge on any atom is 0.257 e. The molecule has 0 spiro atoms. The topological polar surface area (TPSA) is 80.5 Å². The molecule has 7 nitrogen and oxygen atoms in total. The van der Waals surface area contributed by atoms with Crippen LogP contribution in [0.4, 0.5) is 23.3 Å². The van der Waals surface area contributed by atoms with Gasteiger partial charge in [-0.25, -0.2) is 4.68 Å². The highest BCUT2D eigenvalue weighted by molar-refractivity contribution is 6.30. The number of rotatable bonds is 5. The molecule has 0 saturated heterocycles. The van der Waals surface area contributed by atoms with Crippen molar-refractivity contribution in [1.29, 1.82) is 0 Å². The monoisotopic (exact) mass is 425 g/mol. The molecule has 0 amide bonds. The minimum atomic E-state index is 0.376. The van der Waals surface area contributed by atoms with E-state index < -0.39 is 0 Å². The lowest BCUT2D eigenvalue weighted by molar-refractivity contribution is 0.768. The minimum Gasteiger partial charge on any atom is -0.324 e. The summed E-state index contributed by atoms with van der Waals surface area (Å²) in [6, 6.07) is 16.5. The Labute approximate surface area is 177 Å². The van der Waals surface area contributed by atoms with E-state index in [1.807, 2.05) is 44.2 Å². The van der Waals surface area contributed by atoms with Crippen LogP contribution in [0.2, 0.25) is 10.0 Å². The Morgan fingerprint density at radius 3 is 1.62 bits per heavy atom. The molecule has 0 fully saturated rings. The summed E-state index contributed by atoms with van der Waals surface area (Å²) < 4.78 is 1.68. The van der Waals surface area contributed by atoms with Gasteiger partial charge in [0.2, 0.25) is 11.9 Å². The third kappa shape index (κ3) is 4.64. The summed E-state index contributed by atoms with van der Waals surface area (Å²) in [6.07, 6.45) is 0. The van der Waals surface area contributed by atoms with Crippen LogP contribution in [0.15, 0.2) is 54.6 Å². The van der Waals surface area contributed by atoms with Crippen molar-refractivity contribution in [2.45, 2.75) is 13.8 Å². The Bertz CT molecular complexity index is 1070. The Kier molecular flexibility index (Phi) is 5.33. The first kappa shape index (κ1) is 19.2. The molecule has 9 heteroatoms. The standard InChI is InChI=1S/C20H17Cl2N7/c1-12-11-13(2)29(28-12)20-26-18(23-16-7-3-14(21)4-8-16)25-19(27-20)24-17-9-5-15(22)6-10-17/h3-11H,1-2H3,(H2,23,24,25,26,27). The zero-order valence-corrected chi connectivity index (χ0v) is 17.2. The lowest BCUT2D eigenvalue weighted by Gasteiger charge is -2.11. The predicted molar refractivity (Wildman–Crippen MR) is 116 cm³/mol. The van der Waals surface area contributed by atoms with Crippen molar-refractivity contribution >= 4 is 46.5 Å². The van der Waals surface area contributed by atoms with Gasteiger partial charge >= 0.3 is 0 Å². The molecule has 4 aromatic rings. The molecule has 2 heterocycles. The minimum absolute atomic E-state index is 0.376. The van der Waals surface area contributed by atoms with Crippen LogP contribution >= 0.6 is 23.2 Å². The second-order valence-corrected chi connectivity index (χ2v) is 7.26. The van der Waals surface area contributed by atoms with Gasteiger partial charge in [0.05, 0.1) is 5.69 Å². The molecule has 0 aliphatic rings. The number of benzene rings is 2. The summed E-state index contributed by atoms with van der Waals surface area (Å²) >= 11 is 11.9. The van der Waals surface area contributed by atoms with Gasteiger partial charge < -0.3 is 10.6 Å². The van der Waals surface area contributed by atoms with E-state index in [-0.39, 0.29) is 0 Å². The van der Waals surface area contributed by atoms with Crippen molar-refractivity contribution < 1.29 is 0 Å². The van der Waals surface area contributed by atoms with Crippen LogP contribution in [0.25, 0.3) is 5.95 Å². The lowest BCUT2D eigenvalue weighted by atomic mass is 10.3. The molecule has 0 radical (unpaired) electrons. The van der Waals surface area contributed by atoms with E-state index in [9.17, 15) is 0 Å². The van der Waals surface area contributed by atoms with E-state index >= 15 is 0 Å². The van der Waals surface area contributed by atoms with Crippen molar-refractivity contribution in [3.05, 3.63) is 76.0 Å². The molecule has 2 aromatic carbocycles. The van der Waals surface area contributed by atoms with Crippen molar-refractivity contribution in [3.8, 4) is 5.95 Å². The van der Waals surface area contributed by atoms with Crippen molar-refractivity contribution in [3.63, 3.8) is 0 Å².